The molecule has 0 atom stereocenters. The molecule has 0 aliphatic rings. The fourth-order valence-corrected chi connectivity index (χ4v) is 2.85. The number of allylic oxidation sites excluding steroid dienone is 1. The van der Waals surface area contributed by atoms with Crippen molar-refractivity contribution in [1.29, 1.82) is 0 Å². The quantitative estimate of drug-likeness (QED) is 0.391. The van der Waals surface area contributed by atoms with Gasteiger partial charge in [0.2, 0.25) is 5.78 Å². The number of ketones is 1. The average molecular weight is 337 g/mol. The molecule has 0 unspecified atom stereocenters. The van der Waals surface area contributed by atoms with Crippen molar-refractivity contribution in [3.8, 4) is 5.75 Å². The van der Waals surface area contributed by atoms with Gasteiger partial charge < -0.3 is 13.7 Å². The molecule has 5 nitrogen and oxygen atoms in total. The van der Waals surface area contributed by atoms with E-state index < -0.39 is 5.63 Å². The molecule has 0 aliphatic heterocycles. The Morgan fingerprint density at radius 2 is 2.00 bits per heavy atom. The number of hydrogen-bond acceptors (Lipinski definition) is 4. The number of benzene rings is 1. The standard InChI is InChI=1S/C20H19NO4/c1-4-9-21-13(2)10-17(14(21)3)18(22)12-24-16-7-5-15-6-8-20(23)25-19(15)11-16/h4-8,10-11H,1,9,12H2,2-3H3. The molecule has 2 aromatic heterocycles. The van der Waals surface area contributed by atoms with Crippen LogP contribution >= 0.6 is 0 Å². The van der Waals surface area contributed by atoms with Gasteiger partial charge in [-0.25, -0.2) is 4.79 Å². The second kappa shape index (κ2) is 6.81. The summed E-state index contributed by atoms with van der Waals surface area (Å²) in [5.41, 5.74) is 2.56. The highest BCUT2D eigenvalue weighted by Gasteiger charge is 2.16. The van der Waals surface area contributed by atoms with Gasteiger partial charge in [0.1, 0.15) is 11.3 Å². The maximum absolute atomic E-state index is 12.5. The molecule has 0 N–H and O–H groups in total. The van der Waals surface area contributed by atoms with Gasteiger partial charge in [-0.2, -0.15) is 0 Å². The van der Waals surface area contributed by atoms with E-state index >= 15 is 0 Å². The van der Waals surface area contributed by atoms with Crippen LogP contribution in [0.25, 0.3) is 11.0 Å². The van der Waals surface area contributed by atoms with Crippen LogP contribution in [-0.4, -0.2) is 17.0 Å². The molecular formula is C20H19NO4. The Bertz CT molecular complexity index is 1010. The van der Waals surface area contributed by atoms with E-state index in [1.165, 1.54) is 6.07 Å². The summed E-state index contributed by atoms with van der Waals surface area (Å²) in [5, 5.41) is 0.797. The van der Waals surface area contributed by atoms with Crippen LogP contribution in [0.4, 0.5) is 0 Å². The molecule has 0 bridgehead atoms. The maximum Gasteiger partial charge on any atom is 0.336 e. The fourth-order valence-electron chi connectivity index (χ4n) is 2.85. The van der Waals surface area contributed by atoms with Gasteiger partial charge in [-0.15, -0.1) is 6.58 Å². The number of hydrogen-bond donors (Lipinski definition) is 0. The number of aryl methyl sites for hydroxylation is 1. The van der Waals surface area contributed by atoms with Crippen LogP contribution in [0.3, 0.4) is 0 Å². The van der Waals surface area contributed by atoms with Crippen molar-refractivity contribution >= 4 is 16.8 Å². The van der Waals surface area contributed by atoms with Gasteiger partial charge in [0.25, 0.3) is 0 Å². The zero-order valence-corrected chi connectivity index (χ0v) is 14.2. The number of carbonyl (C=O) groups is 1. The van der Waals surface area contributed by atoms with E-state index in [2.05, 4.69) is 6.58 Å². The van der Waals surface area contributed by atoms with Gasteiger partial charge in [-0.3, -0.25) is 4.79 Å². The summed E-state index contributed by atoms with van der Waals surface area (Å²) in [5.74, 6) is 0.383. The average Bonchev–Trinajstić information content (AvgIpc) is 2.88. The first kappa shape index (κ1) is 16.8. The summed E-state index contributed by atoms with van der Waals surface area (Å²) in [6, 6.07) is 10.1. The molecule has 5 heteroatoms. The van der Waals surface area contributed by atoms with Crippen LogP contribution in [0.1, 0.15) is 21.7 Å². The molecule has 128 valence electrons. The van der Waals surface area contributed by atoms with Crippen molar-refractivity contribution in [2.75, 3.05) is 6.61 Å². The van der Waals surface area contributed by atoms with Gasteiger partial charge >= 0.3 is 5.63 Å². The van der Waals surface area contributed by atoms with Crippen LogP contribution in [0, 0.1) is 13.8 Å². The van der Waals surface area contributed by atoms with E-state index in [-0.39, 0.29) is 12.4 Å². The molecule has 0 aliphatic carbocycles. The topological polar surface area (TPSA) is 61.4 Å². The molecular weight excluding hydrogens is 318 g/mol. The van der Waals surface area contributed by atoms with E-state index in [9.17, 15) is 9.59 Å². The first-order valence-electron chi connectivity index (χ1n) is 7.97. The van der Waals surface area contributed by atoms with Crippen molar-refractivity contribution in [1.82, 2.24) is 4.57 Å². The summed E-state index contributed by atoms with van der Waals surface area (Å²) in [7, 11) is 0. The van der Waals surface area contributed by atoms with Crippen molar-refractivity contribution < 1.29 is 13.9 Å². The molecule has 3 aromatic rings. The molecule has 25 heavy (non-hydrogen) atoms. The number of nitrogens with zero attached hydrogens (tertiary/aromatic N) is 1. The zero-order valence-electron chi connectivity index (χ0n) is 14.2. The van der Waals surface area contributed by atoms with Gasteiger partial charge in [-0.1, -0.05) is 6.08 Å². The first-order chi connectivity index (χ1) is 12.0. The van der Waals surface area contributed by atoms with E-state index in [4.69, 9.17) is 9.15 Å². The minimum absolute atomic E-state index is 0.0824. The second-order valence-electron chi connectivity index (χ2n) is 5.85. The maximum atomic E-state index is 12.5. The molecule has 0 saturated carbocycles. The normalized spacial score (nSPS) is 10.8. The third-order valence-electron chi connectivity index (χ3n) is 4.15. The first-order valence-corrected chi connectivity index (χ1v) is 7.97. The van der Waals surface area contributed by atoms with Crippen molar-refractivity contribution in [2.24, 2.45) is 0 Å². The van der Waals surface area contributed by atoms with Crippen LogP contribution in [0.15, 0.2) is 58.3 Å². The highest BCUT2D eigenvalue weighted by atomic mass is 16.5. The summed E-state index contributed by atoms with van der Waals surface area (Å²) in [6.07, 6.45) is 1.80. The van der Waals surface area contributed by atoms with Crippen LogP contribution in [-0.2, 0) is 6.54 Å². The van der Waals surface area contributed by atoms with E-state index in [1.54, 1.807) is 30.3 Å². The molecule has 2 heterocycles. The van der Waals surface area contributed by atoms with Crippen LogP contribution in [0.5, 0.6) is 5.75 Å². The zero-order chi connectivity index (χ0) is 18.0. The third kappa shape index (κ3) is 3.40. The monoisotopic (exact) mass is 337 g/mol. The second-order valence-corrected chi connectivity index (χ2v) is 5.85. The number of fused-ring (bicyclic) bond motifs is 1. The Labute approximate surface area is 145 Å². The molecule has 3 rings (SSSR count). The Balaban J connectivity index is 1.77. The predicted octanol–water partition coefficient (Wildman–Crippen LogP) is 3.66. The lowest BCUT2D eigenvalue weighted by Crippen LogP contribution is -2.13. The lowest BCUT2D eigenvalue weighted by atomic mass is 10.1. The summed E-state index contributed by atoms with van der Waals surface area (Å²) in [4.78, 5) is 23.8. The summed E-state index contributed by atoms with van der Waals surface area (Å²) < 4.78 is 12.8. The minimum atomic E-state index is -0.421. The minimum Gasteiger partial charge on any atom is -0.485 e. The summed E-state index contributed by atoms with van der Waals surface area (Å²) >= 11 is 0. The fraction of sp³-hybridized carbons (Fsp3) is 0.200. The molecule has 0 saturated heterocycles. The third-order valence-corrected chi connectivity index (χ3v) is 4.15. The lowest BCUT2D eigenvalue weighted by molar-refractivity contribution is 0.0921. The Hall–Kier alpha value is -3.08. The lowest BCUT2D eigenvalue weighted by Gasteiger charge is -2.08. The Kier molecular flexibility index (Phi) is 4.57. The van der Waals surface area contributed by atoms with Gasteiger partial charge in [0.05, 0.1) is 0 Å². The van der Waals surface area contributed by atoms with Crippen molar-refractivity contribution in [3.05, 3.63) is 76.4 Å². The molecule has 0 spiro atoms. The number of rotatable bonds is 6. The smallest absolute Gasteiger partial charge is 0.336 e. The molecule has 0 amide bonds. The van der Waals surface area contributed by atoms with Crippen LogP contribution in [0.2, 0.25) is 0 Å². The van der Waals surface area contributed by atoms with Crippen LogP contribution < -0.4 is 10.4 Å². The summed E-state index contributed by atoms with van der Waals surface area (Å²) in [6.45, 7) is 8.19. The number of carbonyl (C=O) groups excluding carboxylic acids is 1. The molecule has 1 aromatic carbocycles. The molecule has 0 radical (unpaired) electrons. The van der Waals surface area contributed by atoms with Crippen molar-refractivity contribution in [2.45, 2.75) is 20.4 Å². The Morgan fingerprint density at radius 1 is 1.24 bits per heavy atom. The van der Waals surface area contributed by atoms with Gasteiger partial charge in [0, 0.05) is 41.0 Å². The van der Waals surface area contributed by atoms with Crippen molar-refractivity contribution in [3.63, 3.8) is 0 Å². The van der Waals surface area contributed by atoms with Gasteiger partial charge in [0.15, 0.2) is 6.61 Å². The predicted molar refractivity (Wildman–Crippen MR) is 96.4 cm³/mol. The Morgan fingerprint density at radius 3 is 2.76 bits per heavy atom. The highest BCUT2D eigenvalue weighted by Crippen LogP contribution is 2.21. The number of aromatic nitrogens is 1. The highest BCUT2D eigenvalue weighted by molar-refractivity contribution is 5.98. The number of ether oxygens (including phenoxy) is 1. The van der Waals surface area contributed by atoms with Gasteiger partial charge in [-0.05, 0) is 38.1 Å². The van der Waals surface area contributed by atoms with E-state index in [1.807, 2.05) is 24.5 Å². The van der Waals surface area contributed by atoms with E-state index in [0.29, 0.717) is 23.4 Å². The SMILES string of the molecule is C=CCn1c(C)cc(C(=O)COc2ccc3ccc(=O)oc3c2)c1C. The largest absolute Gasteiger partial charge is 0.485 e. The number of Topliss-reactive ketones (excluding diaryl/α,β-unsaturated/α-hetero) is 1. The molecule has 0 fully saturated rings. The van der Waals surface area contributed by atoms with E-state index in [0.717, 1.165) is 16.8 Å².